The minimum Gasteiger partial charge on any atom is -0.348 e. The van der Waals surface area contributed by atoms with Crippen molar-refractivity contribution in [3.05, 3.63) is 101 Å². The van der Waals surface area contributed by atoms with E-state index in [0.717, 1.165) is 25.2 Å². The first-order valence-corrected chi connectivity index (χ1v) is 10.7. The van der Waals surface area contributed by atoms with Crippen LogP contribution in [0, 0.1) is 0 Å². The van der Waals surface area contributed by atoms with E-state index in [1.165, 1.54) is 18.4 Å². The van der Waals surface area contributed by atoms with Gasteiger partial charge in [-0.2, -0.15) is 0 Å². The summed E-state index contributed by atoms with van der Waals surface area (Å²) in [6.07, 6.45) is 2.51. The highest BCUT2D eigenvalue weighted by Crippen LogP contribution is 2.18. The van der Waals surface area contributed by atoms with E-state index in [0.29, 0.717) is 23.4 Å². The van der Waals surface area contributed by atoms with Gasteiger partial charge in [0.1, 0.15) is 0 Å². The zero-order valence-electron chi connectivity index (χ0n) is 17.5. The fraction of sp³-hybridized carbons (Fsp3) is 0.231. The molecular weight excluding hydrogens is 386 g/mol. The highest BCUT2D eigenvalue weighted by molar-refractivity contribution is 6.08. The van der Waals surface area contributed by atoms with Crippen LogP contribution in [0.5, 0.6) is 0 Å². The normalized spacial score (nSPS) is 13.7. The summed E-state index contributed by atoms with van der Waals surface area (Å²) in [6.45, 7) is 3.63. The summed E-state index contributed by atoms with van der Waals surface area (Å²) in [6, 6.07) is 24.3. The predicted molar refractivity (Wildman–Crippen MR) is 123 cm³/mol. The number of rotatable bonds is 7. The molecule has 3 aromatic rings. The Hall–Kier alpha value is -3.44. The van der Waals surface area contributed by atoms with Crippen LogP contribution in [0.1, 0.15) is 44.7 Å². The van der Waals surface area contributed by atoms with E-state index in [4.69, 9.17) is 0 Å². The van der Waals surface area contributed by atoms with Crippen LogP contribution in [0.3, 0.4) is 0 Å². The number of likely N-dealkylation sites (tertiary alicyclic amines) is 1. The van der Waals surface area contributed by atoms with Crippen molar-refractivity contribution >= 4 is 17.5 Å². The second kappa shape index (κ2) is 10.0. The second-order valence-electron chi connectivity index (χ2n) is 7.80. The minimum absolute atomic E-state index is 0.208. The van der Waals surface area contributed by atoms with Gasteiger partial charge in [0.05, 0.1) is 11.3 Å². The molecule has 5 heteroatoms. The molecule has 1 aliphatic heterocycles. The molecule has 0 unspecified atom stereocenters. The molecule has 0 bridgehead atoms. The monoisotopic (exact) mass is 413 g/mol. The maximum atomic E-state index is 12.9. The smallest absolute Gasteiger partial charge is 0.255 e. The van der Waals surface area contributed by atoms with E-state index in [1.807, 2.05) is 36.4 Å². The Labute approximate surface area is 183 Å². The van der Waals surface area contributed by atoms with Gasteiger partial charge in [-0.3, -0.25) is 14.5 Å². The number of nitrogens with one attached hydrogen (secondary N) is 2. The topological polar surface area (TPSA) is 61.4 Å². The van der Waals surface area contributed by atoms with Crippen molar-refractivity contribution in [3.63, 3.8) is 0 Å². The van der Waals surface area contributed by atoms with Crippen LogP contribution in [-0.4, -0.2) is 29.8 Å². The highest BCUT2D eigenvalue weighted by atomic mass is 16.2. The fourth-order valence-corrected chi connectivity index (χ4v) is 3.91. The van der Waals surface area contributed by atoms with Crippen LogP contribution in [-0.2, 0) is 13.1 Å². The van der Waals surface area contributed by atoms with Gasteiger partial charge in [-0.25, -0.2) is 0 Å². The molecule has 2 N–H and O–H groups in total. The molecule has 2 amide bonds. The third-order valence-electron chi connectivity index (χ3n) is 5.61. The Balaban J connectivity index is 1.43. The summed E-state index contributed by atoms with van der Waals surface area (Å²) >= 11 is 0. The van der Waals surface area contributed by atoms with Crippen molar-refractivity contribution in [2.24, 2.45) is 0 Å². The number of hydrogen-bond acceptors (Lipinski definition) is 3. The van der Waals surface area contributed by atoms with Gasteiger partial charge >= 0.3 is 0 Å². The number of hydrogen-bond donors (Lipinski definition) is 2. The van der Waals surface area contributed by atoms with E-state index in [9.17, 15) is 9.59 Å². The minimum atomic E-state index is -0.239. The first-order chi connectivity index (χ1) is 15.2. The van der Waals surface area contributed by atoms with Gasteiger partial charge in [0.2, 0.25) is 0 Å². The summed E-state index contributed by atoms with van der Waals surface area (Å²) < 4.78 is 0. The van der Waals surface area contributed by atoms with Gasteiger partial charge in [0.25, 0.3) is 11.8 Å². The lowest BCUT2D eigenvalue weighted by Crippen LogP contribution is -2.26. The van der Waals surface area contributed by atoms with Gasteiger partial charge in [-0.1, -0.05) is 54.6 Å². The van der Waals surface area contributed by atoms with Crippen molar-refractivity contribution in [2.75, 3.05) is 18.4 Å². The van der Waals surface area contributed by atoms with Crippen LogP contribution in [0.4, 0.5) is 5.69 Å². The molecule has 0 aromatic heterocycles. The van der Waals surface area contributed by atoms with Crippen LogP contribution >= 0.6 is 0 Å². The molecular formula is C26H27N3O2. The van der Waals surface area contributed by atoms with Crippen molar-refractivity contribution in [3.8, 4) is 0 Å². The van der Waals surface area contributed by atoms with E-state index >= 15 is 0 Å². The summed E-state index contributed by atoms with van der Waals surface area (Å²) in [5.74, 6) is -0.447. The van der Waals surface area contributed by atoms with Gasteiger partial charge in [0.15, 0.2) is 0 Å². The average Bonchev–Trinajstić information content (AvgIpc) is 3.32. The van der Waals surface area contributed by atoms with E-state index in [1.54, 1.807) is 30.3 Å². The Morgan fingerprint density at radius 1 is 0.742 bits per heavy atom. The SMILES string of the molecule is O=C(Nc1ccccc1C(=O)NCc1ccccc1CN1CCCC1)c1ccccc1. The average molecular weight is 414 g/mol. The number of amides is 2. The van der Waals surface area contributed by atoms with Crippen molar-refractivity contribution in [1.29, 1.82) is 0 Å². The summed E-state index contributed by atoms with van der Waals surface area (Å²) in [5, 5.41) is 5.88. The summed E-state index contributed by atoms with van der Waals surface area (Å²) in [4.78, 5) is 27.9. The van der Waals surface area contributed by atoms with E-state index in [2.05, 4.69) is 27.7 Å². The molecule has 0 spiro atoms. The molecule has 0 atom stereocenters. The molecule has 1 fully saturated rings. The quantitative estimate of drug-likeness (QED) is 0.601. The lowest BCUT2D eigenvalue weighted by Gasteiger charge is -2.18. The number of anilines is 1. The Morgan fingerprint density at radius 2 is 1.39 bits per heavy atom. The lowest BCUT2D eigenvalue weighted by atomic mass is 10.1. The van der Waals surface area contributed by atoms with Crippen LogP contribution < -0.4 is 10.6 Å². The molecule has 5 nitrogen and oxygen atoms in total. The number of carbonyl (C=O) groups excluding carboxylic acids is 2. The molecule has 0 aliphatic carbocycles. The number of nitrogens with zero attached hydrogens (tertiary/aromatic N) is 1. The van der Waals surface area contributed by atoms with Gasteiger partial charge in [0, 0.05) is 18.7 Å². The molecule has 0 saturated carbocycles. The number of carbonyl (C=O) groups is 2. The van der Waals surface area contributed by atoms with E-state index < -0.39 is 0 Å². The maximum Gasteiger partial charge on any atom is 0.255 e. The van der Waals surface area contributed by atoms with Crippen molar-refractivity contribution in [2.45, 2.75) is 25.9 Å². The zero-order valence-corrected chi connectivity index (χ0v) is 17.5. The molecule has 1 heterocycles. The van der Waals surface area contributed by atoms with Gasteiger partial charge in [-0.05, 0) is 61.3 Å². The van der Waals surface area contributed by atoms with E-state index in [-0.39, 0.29) is 11.8 Å². The van der Waals surface area contributed by atoms with Crippen molar-refractivity contribution in [1.82, 2.24) is 10.2 Å². The molecule has 0 radical (unpaired) electrons. The maximum absolute atomic E-state index is 12.9. The van der Waals surface area contributed by atoms with Gasteiger partial charge in [-0.15, -0.1) is 0 Å². The molecule has 31 heavy (non-hydrogen) atoms. The first-order valence-electron chi connectivity index (χ1n) is 10.7. The Kier molecular flexibility index (Phi) is 6.75. The summed E-state index contributed by atoms with van der Waals surface area (Å²) in [7, 11) is 0. The highest BCUT2D eigenvalue weighted by Gasteiger charge is 2.16. The largest absolute Gasteiger partial charge is 0.348 e. The van der Waals surface area contributed by atoms with Gasteiger partial charge < -0.3 is 10.6 Å². The number of para-hydroxylation sites is 1. The predicted octanol–water partition coefficient (Wildman–Crippen LogP) is 4.46. The van der Waals surface area contributed by atoms with Crippen LogP contribution in [0.15, 0.2) is 78.9 Å². The van der Waals surface area contributed by atoms with Crippen LogP contribution in [0.2, 0.25) is 0 Å². The fourth-order valence-electron chi connectivity index (χ4n) is 3.91. The standard InChI is InChI=1S/C26H27N3O2/c30-25(20-10-2-1-3-11-20)28-24-15-7-6-14-23(24)26(31)27-18-21-12-4-5-13-22(21)19-29-16-8-9-17-29/h1-7,10-15H,8-9,16-19H2,(H,27,31)(H,28,30). The number of benzene rings is 3. The third kappa shape index (κ3) is 5.38. The second-order valence-corrected chi connectivity index (χ2v) is 7.80. The van der Waals surface area contributed by atoms with Crippen molar-refractivity contribution < 1.29 is 9.59 Å². The molecule has 158 valence electrons. The summed E-state index contributed by atoms with van der Waals surface area (Å²) in [5.41, 5.74) is 3.86. The zero-order chi connectivity index (χ0) is 21.5. The lowest BCUT2D eigenvalue weighted by molar-refractivity contribution is 0.0951. The first kappa shape index (κ1) is 20.8. The molecule has 4 rings (SSSR count). The third-order valence-corrected chi connectivity index (χ3v) is 5.61. The van der Waals surface area contributed by atoms with Crippen LogP contribution in [0.25, 0.3) is 0 Å². The Bertz CT molecular complexity index is 1040. The Morgan fingerprint density at radius 3 is 2.16 bits per heavy atom. The molecule has 1 saturated heterocycles. The molecule has 1 aliphatic rings. The molecule has 3 aromatic carbocycles.